The zero-order valence-corrected chi connectivity index (χ0v) is 11.7. The van der Waals surface area contributed by atoms with Crippen LogP contribution in [0.15, 0.2) is 0 Å². The minimum atomic E-state index is -0.832. The van der Waals surface area contributed by atoms with Gasteiger partial charge in [0, 0.05) is 26.1 Å². The first-order valence-corrected chi connectivity index (χ1v) is 7.11. The normalized spacial score (nSPS) is 14.7. The minimum absolute atomic E-state index is 0.0148. The summed E-state index contributed by atoms with van der Waals surface area (Å²) in [7, 11) is 0. The maximum absolute atomic E-state index is 11.8. The number of amides is 3. The third-order valence-corrected chi connectivity index (χ3v) is 3.21. The molecule has 3 N–H and O–H groups in total. The van der Waals surface area contributed by atoms with Crippen molar-refractivity contribution in [2.75, 3.05) is 26.2 Å². The average molecular weight is 285 g/mol. The molecule has 1 saturated heterocycles. The Kier molecular flexibility index (Phi) is 7.46. The van der Waals surface area contributed by atoms with Crippen LogP contribution in [0.1, 0.15) is 38.5 Å². The Morgan fingerprint density at radius 2 is 1.70 bits per heavy atom. The highest BCUT2D eigenvalue weighted by molar-refractivity contribution is 5.84. The molecule has 0 unspecified atom stereocenters. The lowest BCUT2D eigenvalue weighted by Crippen LogP contribution is -2.45. The molecule has 3 amide bonds. The van der Waals surface area contributed by atoms with E-state index >= 15 is 0 Å². The maximum atomic E-state index is 11.8. The Morgan fingerprint density at radius 3 is 2.35 bits per heavy atom. The van der Waals surface area contributed by atoms with Gasteiger partial charge in [0.2, 0.25) is 5.91 Å². The molecule has 7 nitrogen and oxygen atoms in total. The maximum Gasteiger partial charge on any atom is 0.315 e. The summed E-state index contributed by atoms with van der Waals surface area (Å²) in [5.41, 5.74) is 0. The number of likely N-dealkylation sites (tertiary alicyclic amines) is 1. The van der Waals surface area contributed by atoms with Gasteiger partial charge < -0.3 is 20.6 Å². The van der Waals surface area contributed by atoms with Crippen molar-refractivity contribution in [1.29, 1.82) is 0 Å². The van der Waals surface area contributed by atoms with E-state index in [4.69, 9.17) is 5.11 Å². The molecular formula is C13H23N3O4. The van der Waals surface area contributed by atoms with Crippen molar-refractivity contribution in [2.24, 2.45) is 0 Å². The van der Waals surface area contributed by atoms with E-state index in [-0.39, 0.29) is 24.9 Å². The number of hydrogen-bond donors (Lipinski definition) is 3. The highest BCUT2D eigenvalue weighted by Crippen LogP contribution is 2.08. The molecule has 20 heavy (non-hydrogen) atoms. The second-order valence-corrected chi connectivity index (χ2v) is 4.90. The van der Waals surface area contributed by atoms with Gasteiger partial charge in [0.1, 0.15) is 0 Å². The van der Waals surface area contributed by atoms with E-state index in [2.05, 4.69) is 10.6 Å². The highest BCUT2D eigenvalue weighted by atomic mass is 16.4. The van der Waals surface area contributed by atoms with Crippen molar-refractivity contribution in [1.82, 2.24) is 15.5 Å². The first-order chi connectivity index (χ1) is 9.59. The van der Waals surface area contributed by atoms with E-state index in [1.54, 1.807) is 4.90 Å². The Bertz CT molecular complexity index is 341. The molecule has 0 spiro atoms. The largest absolute Gasteiger partial charge is 0.481 e. The molecule has 1 rings (SSSR count). The standard InChI is InChI=1S/C13H23N3O4/c17-11(16-8-4-1-5-9-16)10-15-13(20)14-7-3-2-6-12(18)19/h1-10H2,(H,18,19)(H2,14,15,20). The number of nitrogens with one attached hydrogen (secondary N) is 2. The third-order valence-electron chi connectivity index (χ3n) is 3.21. The summed E-state index contributed by atoms with van der Waals surface area (Å²) in [5.74, 6) is -0.882. The van der Waals surface area contributed by atoms with E-state index in [0.29, 0.717) is 19.4 Å². The van der Waals surface area contributed by atoms with E-state index < -0.39 is 5.97 Å². The third kappa shape index (κ3) is 6.96. The summed E-state index contributed by atoms with van der Waals surface area (Å²) >= 11 is 0. The minimum Gasteiger partial charge on any atom is -0.481 e. The van der Waals surface area contributed by atoms with Gasteiger partial charge in [0.25, 0.3) is 0 Å². The number of carbonyl (C=O) groups excluding carboxylic acids is 2. The van der Waals surface area contributed by atoms with Crippen LogP contribution in [0, 0.1) is 0 Å². The monoisotopic (exact) mass is 285 g/mol. The smallest absolute Gasteiger partial charge is 0.315 e. The first-order valence-electron chi connectivity index (χ1n) is 7.11. The van der Waals surface area contributed by atoms with Crippen molar-refractivity contribution in [3.05, 3.63) is 0 Å². The number of urea groups is 1. The molecule has 1 heterocycles. The molecule has 1 aliphatic rings. The van der Waals surface area contributed by atoms with E-state index in [1.165, 1.54) is 0 Å². The van der Waals surface area contributed by atoms with Gasteiger partial charge in [-0.3, -0.25) is 9.59 Å². The molecule has 0 radical (unpaired) electrons. The SMILES string of the molecule is O=C(O)CCCCNC(=O)NCC(=O)N1CCCCC1. The summed E-state index contributed by atoms with van der Waals surface area (Å²) in [6.45, 7) is 1.98. The van der Waals surface area contributed by atoms with Crippen LogP contribution in [0.2, 0.25) is 0 Å². The van der Waals surface area contributed by atoms with Crippen molar-refractivity contribution >= 4 is 17.9 Å². The number of hydrogen-bond acceptors (Lipinski definition) is 3. The first kappa shape index (κ1) is 16.3. The topological polar surface area (TPSA) is 98.7 Å². The van der Waals surface area contributed by atoms with E-state index in [0.717, 1.165) is 32.4 Å². The second-order valence-electron chi connectivity index (χ2n) is 4.90. The summed E-state index contributed by atoms with van der Waals surface area (Å²) in [6, 6.07) is -0.384. The lowest BCUT2D eigenvalue weighted by molar-refractivity contribution is -0.137. The Morgan fingerprint density at radius 1 is 1.00 bits per heavy atom. The van der Waals surface area contributed by atoms with E-state index in [9.17, 15) is 14.4 Å². The Balaban J connectivity index is 2.04. The van der Waals surface area contributed by atoms with Crippen LogP contribution >= 0.6 is 0 Å². The summed E-state index contributed by atoms with van der Waals surface area (Å²) in [5, 5.41) is 13.6. The molecule has 114 valence electrons. The molecule has 0 bridgehead atoms. The number of unbranched alkanes of at least 4 members (excludes halogenated alkanes) is 1. The fourth-order valence-electron chi connectivity index (χ4n) is 2.08. The van der Waals surface area contributed by atoms with Gasteiger partial charge in [0.05, 0.1) is 6.54 Å². The number of rotatable bonds is 7. The molecule has 7 heteroatoms. The number of carboxylic acids is 1. The van der Waals surface area contributed by atoms with Crippen LogP contribution in [0.25, 0.3) is 0 Å². The van der Waals surface area contributed by atoms with Crippen LogP contribution in [-0.4, -0.2) is 54.1 Å². The van der Waals surface area contributed by atoms with Gasteiger partial charge in [-0.15, -0.1) is 0 Å². The quantitative estimate of drug-likeness (QED) is 0.595. The Labute approximate surface area is 118 Å². The molecule has 0 aromatic carbocycles. The zero-order chi connectivity index (χ0) is 14.8. The molecular weight excluding hydrogens is 262 g/mol. The van der Waals surface area contributed by atoms with Crippen LogP contribution in [0.3, 0.4) is 0 Å². The van der Waals surface area contributed by atoms with Crippen molar-refractivity contribution in [3.63, 3.8) is 0 Å². The number of piperidine rings is 1. The molecule has 0 atom stereocenters. The summed E-state index contributed by atoms with van der Waals surface area (Å²) < 4.78 is 0. The highest BCUT2D eigenvalue weighted by Gasteiger charge is 2.16. The van der Waals surface area contributed by atoms with Crippen molar-refractivity contribution in [2.45, 2.75) is 38.5 Å². The molecule has 0 aromatic heterocycles. The second kappa shape index (κ2) is 9.17. The predicted octanol–water partition coefficient (Wildman–Crippen LogP) is 0.553. The van der Waals surface area contributed by atoms with Gasteiger partial charge in [-0.1, -0.05) is 0 Å². The summed E-state index contributed by atoms with van der Waals surface area (Å²) in [6.07, 6.45) is 4.47. The average Bonchev–Trinajstić information content (AvgIpc) is 2.45. The fraction of sp³-hybridized carbons (Fsp3) is 0.769. The Hall–Kier alpha value is -1.79. The van der Waals surface area contributed by atoms with Gasteiger partial charge >= 0.3 is 12.0 Å². The number of carbonyl (C=O) groups is 3. The summed E-state index contributed by atoms with van der Waals surface area (Å²) in [4.78, 5) is 35.2. The van der Waals surface area contributed by atoms with Crippen LogP contribution in [-0.2, 0) is 9.59 Å². The van der Waals surface area contributed by atoms with Crippen molar-refractivity contribution < 1.29 is 19.5 Å². The lowest BCUT2D eigenvalue weighted by atomic mass is 10.1. The number of nitrogens with zero attached hydrogens (tertiary/aromatic N) is 1. The van der Waals surface area contributed by atoms with Crippen LogP contribution in [0.5, 0.6) is 0 Å². The van der Waals surface area contributed by atoms with Gasteiger partial charge in [-0.05, 0) is 32.1 Å². The lowest BCUT2D eigenvalue weighted by Gasteiger charge is -2.26. The van der Waals surface area contributed by atoms with Crippen molar-refractivity contribution in [3.8, 4) is 0 Å². The molecule has 1 fully saturated rings. The number of carboxylic acid groups (broad SMARTS) is 1. The predicted molar refractivity (Wildman–Crippen MR) is 73.3 cm³/mol. The van der Waals surface area contributed by atoms with Gasteiger partial charge in [-0.25, -0.2) is 4.79 Å². The van der Waals surface area contributed by atoms with Gasteiger partial charge in [0.15, 0.2) is 0 Å². The van der Waals surface area contributed by atoms with E-state index in [1.807, 2.05) is 0 Å². The zero-order valence-electron chi connectivity index (χ0n) is 11.7. The molecule has 0 aromatic rings. The van der Waals surface area contributed by atoms with Crippen LogP contribution in [0.4, 0.5) is 4.79 Å². The fourth-order valence-corrected chi connectivity index (χ4v) is 2.08. The molecule has 1 aliphatic heterocycles. The molecule has 0 aliphatic carbocycles. The number of aliphatic carboxylic acids is 1. The molecule has 0 saturated carbocycles. The van der Waals surface area contributed by atoms with Gasteiger partial charge in [-0.2, -0.15) is 0 Å². The van der Waals surface area contributed by atoms with Crippen LogP contribution < -0.4 is 10.6 Å².